The molecule has 0 radical (unpaired) electrons. The van der Waals surface area contributed by atoms with Crippen LogP contribution in [0.2, 0.25) is 0 Å². The van der Waals surface area contributed by atoms with Crippen LogP contribution in [-0.2, 0) is 0 Å². The molecule has 8 aromatic carbocycles. The molecule has 0 saturated carbocycles. The number of aromatic nitrogens is 3. The van der Waals surface area contributed by atoms with Crippen molar-refractivity contribution in [2.45, 2.75) is 0 Å². The summed E-state index contributed by atoms with van der Waals surface area (Å²) in [5, 5.41) is 11.6. The van der Waals surface area contributed by atoms with Crippen molar-refractivity contribution in [3.05, 3.63) is 236 Å². The highest BCUT2D eigenvalue weighted by Crippen LogP contribution is 2.37. The average Bonchev–Trinajstić information content (AvgIpc) is 3.33. The summed E-state index contributed by atoms with van der Waals surface area (Å²) in [6.45, 7) is 4.12. The lowest BCUT2D eigenvalue weighted by Gasteiger charge is -2.13. The van der Waals surface area contributed by atoms with E-state index in [1.165, 1.54) is 16.3 Å². The minimum atomic E-state index is 0.547. The molecule has 0 N–H and O–H groups in total. The Morgan fingerprint density at radius 3 is 1.33 bits per heavy atom. The van der Waals surface area contributed by atoms with E-state index in [0.29, 0.717) is 23.0 Å². The van der Waals surface area contributed by atoms with E-state index in [9.17, 15) is 5.26 Å². The number of hydrogen-bond donors (Lipinski definition) is 0. The summed E-state index contributed by atoms with van der Waals surface area (Å²) in [7, 11) is 0. The summed E-state index contributed by atoms with van der Waals surface area (Å²) in [6, 6.07) is 68.9. The number of nitrogens with zero attached hydrogens (tertiary/aromatic N) is 4. The normalized spacial score (nSPS) is 11.4. The second-order valence-corrected chi connectivity index (χ2v) is 14.4. The molecule has 0 aliphatic rings. The lowest BCUT2D eigenvalue weighted by atomic mass is 9.91. The van der Waals surface area contributed by atoms with Crippen molar-refractivity contribution in [2.75, 3.05) is 0 Å². The van der Waals surface area contributed by atoms with E-state index in [-0.39, 0.29) is 0 Å². The van der Waals surface area contributed by atoms with Gasteiger partial charge >= 0.3 is 0 Å². The predicted molar refractivity (Wildman–Crippen MR) is 248 cm³/mol. The predicted octanol–water partition coefficient (Wildman–Crippen LogP) is 14.2. The van der Waals surface area contributed by atoms with Gasteiger partial charge in [-0.2, -0.15) is 5.26 Å². The molecule has 1 aromatic heterocycles. The van der Waals surface area contributed by atoms with Crippen molar-refractivity contribution in [3.8, 4) is 73.4 Å². The molecule has 0 saturated heterocycles. The van der Waals surface area contributed by atoms with E-state index >= 15 is 0 Å². The Balaban J connectivity index is 1.05. The summed E-state index contributed by atoms with van der Waals surface area (Å²) >= 11 is 0. The maximum Gasteiger partial charge on any atom is 0.164 e. The standard InChI is InChI=1S/C56H38N4/c1-2-41(17-11-14-39-12-5-3-6-13-39)54-58-55(48-32-26-44(27-33-48)42-15-7-4-8-16-42)60-56(59-54)49-34-30-47(31-35-49)51-37-36-50(52-18-9-10-19-53(51)52)46-28-24-45(25-29-46)43-22-20-40(38-57)21-23-43/h2-37H,1H2/b14-11+,41-17+. The number of nitriles is 1. The van der Waals surface area contributed by atoms with Gasteiger partial charge in [-0.05, 0) is 73.0 Å². The van der Waals surface area contributed by atoms with E-state index in [4.69, 9.17) is 15.0 Å². The third-order valence-corrected chi connectivity index (χ3v) is 10.6. The maximum atomic E-state index is 9.20. The molecule has 0 spiro atoms. The largest absolute Gasteiger partial charge is 0.208 e. The van der Waals surface area contributed by atoms with Crippen molar-refractivity contribution >= 4 is 22.4 Å². The van der Waals surface area contributed by atoms with Crippen LogP contribution in [0.4, 0.5) is 0 Å². The Bertz CT molecular complexity index is 3050. The Morgan fingerprint density at radius 1 is 0.433 bits per heavy atom. The smallest absolute Gasteiger partial charge is 0.164 e. The molecule has 4 heteroatoms. The molecule has 282 valence electrons. The first-order valence-corrected chi connectivity index (χ1v) is 19.9. The third-order valence-electron chi connectivity index (χ3n) is 10.6. The lowest BCUT2D eigenvalue weighted by Crippen LogP contribution is -2.02. The van der Waals surface area contributed by atoms with Gasteiger partial charge in [-0.25, -0.2) is 15.0 Å². The number of hydrogen-bond acceptors (Lipinski definition) is 4. The molecule has 0 fully saturated rings. The second kappa shape index (κ2) is 17.1. The SMILES string of the molecule is C=C/C(=C\C=C\c1ccccc1)c1nc(-c2ccc(-c3ccccc3)cc2)nc(-c2ccc(-c3ccc(-c4ccc(-c5ccc(C#N)cc5)cc4)c4ccccc34)cc2)n1. The molecular weight excluding hydrogens is 729 g/mol. The summed E-state index contributed by atoms with van der Waals surface area (Å²) in [5.41, 5.74) is 13.4. The average molecular weight is 767 g/mol. The lowest BCUT2D eigenvalue weighted by molar-refractivity contribution is 1.04. The van der Waals surface area contributed by atoms with Crippen LogP contribution in [0.25, 0.3) is 89.7 Å². The molecule has 0 unspecified atom stereocenters. The van der Waals surface area contributed by atoms with Gasteiger partial charge in [-0.1, -0.05) is 213 Å². The molecule has 0 atom stereocenters. The zero-order chi connectivity index (χ0) is 40.7. The summed E-state index contributed by atoms with van der Waals surface area (Å²) < 4.78 is 0. The molecule has 9 rings (SSSR count). The first-order valence-electron chi connectivity index (χ1n) is 19.9. The van der Waals surface area contributed by atoms with Crippen molar-refractivity contribution < 1.29 is 0 Å². The van der Waals surface area contributed by atoms with E-state index in [2.05, 4.69) is 152 Å². The van der Waals surface area contributed by atoms with Gasteiger partial charge in [0.05, 0.1) is 11.6 Å². The van der Waals surface area contributed by atoms with Crippen LogP contribution >= 0.6 is 0 Å². The first-order chi connectivity index (χ1) is 29.6. The number of fused-ring (bicyclic) bond motifs is 1. The first kappa shape index (κ1) is 37.3. The molecule has 0 aliphatic heterocycles. The number of benzene rings is 8. The molecule has 1 heterocycles. The zero-order valence-electron chi connectivity index (χ0n) is 32.8. The van der Waals surface area contributed by atoms with Crippen molar-refractivity contribution in [1.29, 1.82) is 5.26 Å². The number of rotatable bonds is 10. The van der Waals surface area contributed by atoms with Crippen LogP contribution in [0.3, 0.4) is 0 Å². The Labute approximate surface area is 350 Å². The fourth-order valence-electron chi connectivity index (χ4n) is 7.45. The fourth-order valence-corrected chi connectivity index (χ4v) is 7.45. The van der Waals surface area contributed by atoms with Gasteiger partial charge in [0.25, 0.3) is 0 Å². The van der Waals surface area contributed by atoms with Gasteiger partial charge in [-0.3, -0.25) is 0 Å². The molecule has 0 amide bonds. The zero-order valence-corrected chi connectivity index (χ0v) is 32.8. The van der Waals surface area contributed by atoms with Gasteiger partial charge in [0.15, 0.2) is 17.5 Å². The van der Waals surface area contributed by atoms with Crippen LogP contribution in [0.5, 0.6) is 0 Å². The molecule has 0 aliphatic carbocycles. The maximum absolute atomic E-state index is 9.20. The number of allylic oxidation sites excluding steroid dienone is 4. The van der Waals surface area contributed by atoms with E-state index in [0.717, 1.165) is 61.2 Å². The van der Waals surface area contributed by atoms with Crippen LogP contribution in [0, 0.1) is 11.3 Å². The van der Waals surface area contributed by atoms with Gasteiger partial charge in [0.2, 0.25) is 0 Å². The van der Waals surface area contributed by atoms with E-state index < -0.39 is 0 Å². The summed E-state index contributed by atoms with van der Waals surface area (Å²) in [4.78, 5) is 15.0. The highest BCUT2D eigenvalue weighted by atomic mass is 15.0. The summed E-state index contributed by atoms with van der Waals surface area (Å²) in [5.74, 6) is 1.72. The highest BCUT2D eigenvalue weighted by Gasteiger charge is 2.15. The topological polar surface area (TPSA) is 62.5 Å². The molecule has 60 heavy (non-hydrogen) atoms. The molecule has 0 bridgehead atoms. The summed E-state index contributed by atoms with van der Waals surface area (Å²) in [6.07, 6.45) is 7.83. The fraction of sp³-hybridized carbons (Fsp3) is 0. The van der Waals surface area contributed by atoms with Gasteiger partial charge in [-0.15, -0.1) is 0 Å². The van der Waals surface area contributed by atoms with Gasteiger partial charge in [0, 0.05) is 16.7 Å². The Morgan fingerprint density at radius 2 is 0.850 bits per heavy atom. The van der Waals surface area contributed by atoms with E-state index in [1.807, 2.05) is 72.8 Å². The van der Waals surface area contributed by atoms with Crippen molar-refractivity contribution in [3.63, 3.8) is 0 Å². The molecule has 9 aromatic rings. The monoisotopic (exact) mass is 766 g/mol. The van der Waals surface area contributed by atoms with Crippen LogP contribution in [0.15, 0.2) is 219 Å². The Kier molecular flexibility index (Phi) is 10.6. The van der Waals surface area contributed by atoms with Crippen molar-refractivity contribution in [1.82, 2.24) is 15.0 Å². The van der Waals surface area contributed by atoms with Gasteiger partial charge in [0.1, 0.15) is 0 Å². The van der Waals surface area contributed by atoms with Crippen LogP contribution in [0.1, 0.15) is 17.0 Å². The van der Waals surface area contributed by atoms with Crippen LogP contribution < -0.4 is 0 Å². The third kappa shape index (κ3) is 7.97. The minimum Gasteiger partial charge on any atom is -0.208 e. The van der Waals surface area contributed by atoms with Crippen LogP contribution in [-0.4, -0.2) is 15.0 Å². The minimum absolute atomic E-state index is 0.547. The molecular formula is C56H38N4. The highest BCUT2D eigenvalue weighted by molar-refractivity contribution is 6.05. The van der Waals surface area contributed by atoms with Gasteiger partial charge < -0.3 is 0 Å². The quantitative estimate of drug-likeness (QED) is 0.130. The second-order valence-electron chi connectivity index (χ2n) is 14.4. The van der Waals surface area contributed by atoms with Crippen molar-refractivity contribution in [2.24, 2.45) is 0 Å². The van der Waals surface area contributed by atoms with E-state index in [1.54, 1.807) is 6.08 Å². The Hall–Kier alpha value is -8.26. The molecule has 4 nitrogen and oxygen atoms in total.